The lowest BCUT2D eigenvalue weighted by molar-refractivity contribution is 0.203. The van der Waals surface area contributed by atoms with Crippen LogP contribution in [-0.2, 0) is 0 Å². The Morgan fingerprint density at radius 1 is 1.10 bits per heavy atom. The molecule has 0 aromatic heterocycles. The fourth-order valence-electron chi connectivity index (χ4n) is 0.623. The van der Waals surface area contributed by atoms with Gasteiger partial charge in [-0.1, -0.05) is 0 Å². The summed E-state index contributed by atoms with van der Waals surface area (Å²) in [6.45, 7) is 1.98. The lowest BCUT2D eigenvalue weighted by Crippen LogP contribution is -2.23. The monoisotopic (exact) mass is 169 g/mol. The molecule has 0 aliphatic heterocycles. The van der Waals surface area contributed by atoms with Crippen molar-refractivity contribution < 1.29 is 10.2 Å². The third kappa shape index (κ3) is 8.17. The second-order valence-corrected chi connectivity index (χ2v) is 2.10. The molecule has 3 nitrogen and oxygen atoms in total. The first-order chi connectivity index (χ1) is 4.31. The zero-order valence-electron chi connectivity index (χ0n) is 6.29. The minimum Gasteiger partial charge on any atom is -0.396 e. The van der Waals surface area contributed by atoms with Gasteiger partial charge in [0, 0.05) is 19.7 Å². The van der Waals surface area contributed by atoms with E-state index in [4.69, 9.17) is 10.2 Å². The van der Waals surface area contributed by atoms with Crippen molar-refractivity contribution in [3.8, 4) is 0 Å². The van der Waals surface area contributed by atoms with Crippen molar-refractivity contribution in [3.63, 3.8) is 0 Å². The molecule has 0 saturated heterocycles. The van der Waals surface area contributed by atoms with Crippen LogP contribution in [-0.4, -0.2) is 48.5 Å². The van der Waals surface area contributed by atoms with E-state index < -0.39 is 0 Å². The number of halogens is 1. The summed E-state index contributed by atoms with van der Waals surface area (Å²) < 4.78 is 0. The van der Waals surface area contributed by atoms with Gasteiger partial charge in [-0.3, -0.25) is 0 Å². The summed E-state index contributed by atoms with van der Waals surface area (Å²) in [5.74, 6) is 0. The molecule has 0 fully saturated rings. The normalized spacial score (nSPS) is 9.60. The fraction of sp³-hybridized carbons (Fsp3) is 1.00. The summed E-state index contributed by atoms with van der Waals surface area (Å²) in [4.78, 5) is 1.98. The van der Waals surface area contributed by atoms with Gasteiger partial charge < -0.3 is 15.1 Å². The Balaban J connectivity index is 0. The molecule has 0 heterocycles. The first-order valence-corrected chi connectivity index (χ1v) is 3.21. The van der Waals surface area contributed by atoms with Crippen molar-refractivity contribution >= 4 is 12.4 Å². The van der Waals surface area contributed by atoms with Crippen molar-refractivity contribution in [2.24, 2.45) is 0 Å². The number of aliphatic hydroxyl groups is 2. The second kappa shape index (κ2) is 9.17. The Morgan fingerprint density at radius 2 is 1.70 bits per heavy atom. The zero-order valence-corrected chi connectivity index (χ0v) is 7.10. The minimum atomic E-state index is 0. The molecule has 10 heavy (non-hydrogen) atoms. The van der Waals surface area contributed by atoms with Crippen LogP contribution in [0.2, 0.25) is 0 Å². The largest absolute Gasteiger partial charge is 0.396 e. The summed E-state index contributed by atoms with van der Waals surface area (Å²) in [5.41, 5.74) is 0. The maximum Gasteiger partial charge on any atom is 0.0558 e. The van der Waals surface area contributed by atoms with Crippen LogP contribution in [0.15, 0.2) is 0 Å². The standard InChI is InChI=1S/C6H15NO2.ClH/c1-7(4-6-9)3-2-5-8;/h8-9H,2-6H2,1H3;1H. The third-order valence-electron chi connectivity index (χ3n) is 1.18. The fourth-order valence-corrected chi connectivity index (χ4v) is 0.623. The Labute approximate surface area is 68.1 Å². The van der Waals surface area contributed by atoms with Crippen LogP contribution in [0.1, 0.15) is 6.42 Å². The average molecular weight is 170 g/mol. The van der Waals surface area contributed by atoms with Gasteiger partial charge in [-0.15, -0.1) is 12.4 Å². The lowest BCUT2D eigenvalue weighted by Gasteiger charge is -2.12. The summed E-state index contributed by atoms with van der Waals surface area (Å²) in [5, 5.41) is 16.8. The van der Waals surface area contributed by atoms with Gasteiger partial charge in [0.25, 0.3) is 0 Å². The quantitative estimate of drug-likeness (QED) is 0.595. The van der Waals surface area contributed by atoms with Crippen LogP contribution in [0.5, 0.6) is 0 Å². The highest BCUT2D eigenvalue weighted by molar-refractivity contribution is 5.85. The molecule has 0 bridgehead atoms. The van der Waals surface area contributed by atoms with Gasteiger partial charge in [0.05, 0.1) is 6.61 Å². The predicted octanol–water partition coefficient (Wildman–Crippen LogP) is -0.285. The van der Waals surface area contributed by atoms with E-state index in [1.165, 1.54) is 0 Å². The van der Waals surface area contributed by atoms with Crippen LogP contribution < -0.4 is 0 Å². The van der Waals surface area contributed by atoms with Crippen LogP contribution in [0.3, 0.4) is 0 Å². The number of aliphatic hydroxyl groups excluding tert-OH is 2. The Morgan fingerprint density at radius 3 is 2.10 bits per heavy atom. The number of rotatable bonds is 5. The summed E-state index contributed by atoms with van der Waals surface area (Å²) in [6, 6.07) is 0. The first kappa shape index (κ1) is 12.8. The molecular weight excluding hydrogens is 154 g/mol. The van der Waals surface area contributed by atoms with Crippen molar-refractivity contribution in [1.82, 2.24) is 4.90 Å². The van der Waals surface area contributed by atoms with Crippen LogP contribution in [0, 0.1) is 0 Å². The molecule has 0 aliphatic rings. The smallest absolute Gasteiger partial charge is 0.0558 e. The zero-order chi connectivity index (χ0) is 7.11. The number of hydrogen-bond acceptors (Lipinski definition) is 3. The summed E-state index contributed by atoms with van der Waals surface area (Å²) in [7, 11) is 1.92. The Bertz CT molecular complexity index is 63.7. The van der Waals surface area contributed by atoms with Crippen LogP contribution >= 0.6 is 12.4 Å². The van der Waals surface area contributed by atoms with Crippen molar-refractivity contribution in [1.29, 1.82) is 0 Å². The first-order valence-electron chi connectivity index (χ1n) is 3.21. The van der Waals surface area contributed by atoms with Gasteiger partial charge >= 0.3 is 0 Å². The van der Waals surface area contributed by atoms with Gasteiger partial charge in [-0.05, 0) is 13.5 Å². The van der Waals surface area contributed by atoms with Gasteiger partial charge in [0.1, 0.15) is 0 Å². The van der Waals surface area contributed by atoms with E-state index >= 15 is 0 Å². The summed E-state index contributed by atoms with van der Waals surface area (Å²) in [6.07, 6.45) is 0.788. The molecule has 0 radical (unpaired) electrons. The molecule has 4 heteroatoms. The predicted molar refractivity (Wildman–Crippen MR) is 43.5 cm³/mol. The van der Waals surface area contributed by atoms with Crippen LogP contribution in [0.4, 0.5) is 0 Å². The number of hydrogen-bond donors (Lipinski definition) is 2. The third-order valence-corrected chi connectivity index (χ3v) is 1.18. The van der Waals surface area contributed by atoms with E-state index in [-0.39, 0.29) is 25.6 Å². The van der Waals surface area contributed by atoms with E-state index in [0.29, 0.717) is 6.54 Å². The molecule has 0 unspecified atom stereocenters. The SMILES string of the molecule is CN(CCO)CCCO.Cl. The molecule has 0 atom stereocenters. The highest BCUT2D eigenvalue weighted by Gasteiger charge is 1.93. The number of nitrogens with zero attached hydrogens (tertiary/aromatic N) is 1. The van der Waals surface area contributed by atoms with E-state index in [1.807, 2.05) is 11.9 Å². The lowest BCUT2D eigenvalue weighted by atomic mass is 10.4. The van der Waals surface area contributed by atoms with Crippen molar-refractivity contribution in [2.45, 2.75) is 6.42 Å². The molecule has 0 amide bonds. The second-order valence-electron chi connectivity index (χ2n) is 2.10. The van der Waals surface area contributed by atoms with Crippen molar-refractivity contribution in [2.75, 3.05) is 33.4 Å². The molecular formula is C6H16ClNO2. The number of likely N-dealkylation sites (N-methyl/N-ethyl adjacent to an activating group) is 1. The van der Waals surface area contributed by atoms with E-state index in [9.17, 15) is 0 Å². The van der Waals surface area contributed by atoms with E-state index in [0.717, 1.165) is 13.0 Å². The molecule has 0 aromatic rings. The Hall–Kier alpha value is 0.170. The highest BCUT2D eigenvalue weighted by atomic mass is 35.5. The van der Waals surface area contributed by atoms with Gasteiger partial charge in [0.15, 0.2) is 0 Å². The maximum atomic E-state index is 8.43. The molecule has 0 saturated carbocycles. The Kier molecular flexibility index (Phi) is 11.7. The van der Waals surface area contributed by atoms with Gasteiger partial charge in [0.2, 0.25) is 0 Å². The van der Waals surface area contributed by atoms with E-state index in [2.05, 4.69) is 0 Å². The van der Waals surface area contributed by atoms with Gasteiger partial charge in [-0.25, -0.2) is 0 Å². The van der Waals surface area contributed by atoms with Gasteiger partial charge in [-0.2, -0.15) is 0 Å². The molecule has 0 aliphatic carbocycles. The van der Waals surface area contributed by atoms with Crippen LogP contribution in [0.25, 0.3) is 0 Å². The minimum absolute atomic E-state index is 0. The van der Waals surface area contributed by atoms with Crippen molar-refractivity contribution in [3.05, 3.63) is 0 Å². The molecule has 2 N–H and O–H groups in total. The molecule has 0 spiro atoms. The average Bonchev–Trinajstić information content (AvgIpc) is 1.85. The topological polar surface area (TPSA) is 43.7 Å². The highest BCUT2D eigenvalue weighted by Crippen LogP contribution is 1.83. The maximum absolute atomic E-state index is 8.43. The molecule has 0 aromatic carbocycles. The molecule has 0 rings (SSSR count). The van der Waals surface area contributed by atoms with E-state index in [1.54, 1.807) is 0 Å². The summed E-state index contributed by atoms with van der Waals surface area (Å²) >= 11 is 0. The molecule has 64 valence electrons.